The zero-order valence-corrected chi connectivity index (χ0v) is 10.4. The minimum Gasteiger partial charge on any atom is -0.481 e. The van der Waals surface area contributed by atoms with Crippen LogP contribution in [0.4, 0.5) is 0 Å². The van der Waals surface area contributed by atoms with Gasteiger partial charge in [-0.1, -0.05) is 0 Å². The molecule has 1 saturated heterocycles. The van der Waals surface area contributed by atoms with Crippen LogP contribution >= 0.6 is 0 Å². The smallest absolute Gasteiger partial charge is 0.305 e. The number of carboxylic acids is 1. The number of ether oxygens (including phenoxy) is 1. The summed E-state index contributed by atoms with van der Waals surface area (Å²) in [6, 6.07) is 0. The maximum atomic E-state index is 12.0. The van der Waals surface area contributed by atoms with Crippen LogP contribution in [0.3, 0.4) is 0 Å². The van der Waals surface area contributed by atoms with Gasteiger partial charge in [-0.3, -0.25) is 9.59 Å². The molecule has 0 radical (unpaired) electrons. The van der Waals surface area contributed by atoms with Crippen LogP contribution in [0.15, 0.2) is 6.20 Å². The van der Waals surface area contributed by atoms with Crippen molar-refractivity contribution in [3.63, 3.8) is 0 Å². The normalized spacial score (nSPS) is 16.5. The zero-order valence-electron chi connectivity index (χ0n) is 10.4. The molecule has 1 aliphatic rings. The largest absolute Gasteiger partial charge is 0.481 e. The van der Waals surface area contributed by atoms with Crippen molar-refractivity contribution in [2.45, 2.75) is 25.4 Å². The molecule has 8 heteroatoms. The number of aromatic amines is 1. The first-order chi connectivity index (χ1) is 9.16. The SMILES string of the molecule is O=C(O)CCOC1CCN(C(=O)c2cn[nH]n2)CC1. The molecule has 0 aromatic carbocycles. The molecule has 0 unspecified atom stereocenters. The van der Waals surface area contributed by atoms with E-state index in [1.165, 1.54) is 6.20 Å². The second-order valence-corrected chi connectivity index (χ2v) is 4.36. The molecule has 104 valence electrons. The molecule has 19 heavy (non-hydrogen) atoms. The average molecular weight is 268 g/mol. The molecule has 0 aliphatic carbocycles. The molecule has 1 aromatic heterocycles. The number of carbonyl (C=O) groups excluding carboxylic acids is 1. The Kier molecular flexibility index (Phi) is 4.45. The van der Waals surface area contributed by atoms with Gasteiger partial charge in [-0.2, -0.15) is 15.4 Å². The number of hydrogen-bond acceptors (Lipinski definition) is 5. The Labute approximate surface area is 109 Å². The van der Waals surface area contributed by atoms with E-state index in [9.17, 15) is 9.59 Å². The molecule has 0 atom stereocenters. The second kappa shape index (κ2) is 6.28. The predicted octanol–water partition coefficient (Wildman–Crippen LogP) is -0.0994. The van der Waals surface area contributed by atoms with Crippen molar-refractivity contribution < 1.29 is 19.4 Å². The maximum Gasteiger partial charge on any atom is 0.305 e. The van der Waals surface area contributed by atoms with E-state index >= 15 is 0 Å². The molecule has 0 saturated carbocycles. The summed E-state index contributed by atoms with van der Waals surface area (Å²) in [5.41, 5.74) is 0.310. The summed E-state index contributed by atoms with van der Waals surface area (Å²) in [6.45, 7) is 1.39. The first-order valence-electron chi connectivity index (χ1n) is 6.15. The van der Waals surface area contributed by atoms with Crippen LogP contribution in [0, 0.1) is 0 Å². The summed E-state index contributed by atoms with van der Waals surface area (Å²) in [5.74, 6) is -1.00. The Hall–Kier alpha value is -1.96. The number of H-pyrrole nitrogens is 1. The summed E-state index contributed by atoms with van der Waals surface area (Å²) in [6.07, 6.45) is 2.86. The van der Waals surface area contributed by atoms with Crippen molar-refractivity contribution in [3.05, 3.63) is 11.9 Å². The predicted molar refractivity (Wildman–Crippen MR) is 63.5 cm³/mol. The highest BCUT2D eigenvalue weighted by molar-refractivity contribution is 5.91. The van der Waals surface area contributed by atoms with Crippen LogP contribution in [-0.4, -0.2) is 63.1 Å². The lowest BCUT2D eigenvalue weighted by Crippen LogP contribution is -2.41. The topological polar surface area (TPSA) is 108 Å². The first-order valence-corrected chi connectivity index (χ1v) is 6.15. The quantitative estimate of drug-likeness (QED) is 0.772. The Morgan fingerprint density at radius 2 is 2.21 bits per heavy atom. The highest BCUT2D eigenvalue weighted by Gasteiger charge is 2.25. The number of piperidine rings is 1. The maximum absolute atomic E-state index is 12.0. The van der Waals surface area contributed by atoms with Gasteiger partial charge in [-0.25, -0.2) is 0 Å². The van der Waals surface area contributed by atoms with Gasteiger partial charge in [-0.05, 0) is 12.8 Å². The molecule has 8 nitrogen and oxygen atoms in total. The molecule has 1 aromatic rings. The van der Waals surface area contributed by atoms with Crippen LogP contribution in [-0.2, 0) is 9.53 Å². The van der Waals surface area contributed by atoms with E-state index in [1.54, 1.807) is 4.90 Å². The van der Waals surface area contributed by atoms with Crippen LogP contribution in [0.2, 0.25) is 0 Å². The number of hydrogen-bond donors (Lipinski definition) is 2. The number of nitrogens with zero attached hydrogens (tertiary/aromatic N) is 3. The van der Waals surface area contributed by atoms with Crippen molar-refractivity contribution in [2.75, 3.05) is 19.7 Å². The number of carboxylic acid groups (broad SMARTS) is 1. The van der Waals surface area contributed by atoms with Gasteiger partial charge in [0.1, 0.15) is 0 Å². The highest BCUT2D eigenvalue weighted by atomic mass is 16.5. The Morgan fingerprint density at radius 3 is 2.79 bits per heavy atom. The van der Waals surface area contributed by atoms with Gasteiger partial charge in [-0.15, -0.1) is 0 Å². The molecule has 0 bridgehead atoms. The average Bonchev–Trinajstić information content (AvgIpc) is 2.92. The van der Waals surface area contributed by atoms with Gasteiger partial charge < -0.3 is 14.7 Å². The van der Waals surface area contributed by atoms with Crippen LogP contribution in [0.5, 0.6) is 0 Å². The van der Waals surface area contributed by atoms with E-state index < -0.39 is 5.97 Å². The number of amides is 1. The minimum atomic E-state index is -0.862. The third-order valence-corrected chi connectivity index (χ3v) is 3.03. The third kappa shape index (κ3) is 3.75. The lowest BCUT2D eigenvalue weighted by molar-refractivity contribution is -0.138. The molecular weight excluding hydrogens is 252 g/mol. The van der Waals surface area contributed by atoms with E-state index in [0.717, 1.165) is 0 Å². The van der Waals surface area contributed by atoms with Crippen LogP contribution < -0.4 is 0 Å². The molecule has 1 amide bonds. The summed E-state index contributed by atoms with van der Waals surface area (Å²) in [5, 5.41) is 18.3. The lowest BCUT2D eigenvalue weighted by atomic mass is 10.1. The Morgan fingerprint density at radius 1 is 1.47 bits per heavy atom. The molecule has 1 fully saturated rings. The van der Waals surface area contributed by atoms with Crippen molar-refractivity contribution in [2.24, 2.45) is 0 Å². The van der Waals surface area contributed by atoms with Gasteiger partial charge in [0.15, 0.2) is 5.69 Å². The Balaban J connectivity index is 1.73. The van der Waals surface area contributed by atoms with Gasteiger partial charge in [0, 0.05) is 13.1 Å². The van der Waals surface area contributed by atoms with Crippen LogP contribution in [0.1, 0.15) is 29.8 Å². The summed E-state index contributed by atoms with van der Waals surface area (Å²) >= 11 is 0. The van der Waals surface area contributed by atoms with Crippen molar-refractivity contribution >= 4 is 11.9 Å². The van der Waals surface area contributed by atoms with Crippen molar-refractivity contribution in [3.8, 4) is 0 Å². The number of carbonyl (C=O) groups is 2. The van der Waals surface area contributed by atoms with E-state index in [4.69, 9.17) is 9.84 Å². The standard InChI is InChI=1S/C11H16N4O4/c16-10(17)3-6-19-8-1-4-15(5-2-8)11(18)9-7-12-14-13-9/h7-8H,1-6H2,(H,16,17)(H,12,13,14). The fourth-order valence-corrected chi connectivity index (χ4v) is 2.01. The number of aliphatic carboxylic acids is 1. The third-order valence-electron chi connectivity index (χ3n) is 3.03. The molecular formula is C11H16N4O4. The molecule has 2 heterocycles. The van der Waals surface area contributed by atoms with E-state index in [1.807, 2.05) is 0 Å². The summed E-state index contributed by atoms with van der Waals surface area (Å²) in [7, 11) is 0. The Bertz CT molecular complexity index is 426. The fraction of sp³-hybridized carbons (Fsp3) is 0.636. The monoisotopic (exact) mass is 268 g/mol. The van der Waals surface area contributed by atoms with E-state index in [2.05, 4.69) is 15.4 Å². The second-order valence-electron chi connectivity index (χ2n) is 4.36. The molecule has 0 spiro atoms. The summed E-state index contributed by atoms with van der Waals surface area (Å²) in [4.78, 5) is 24.0. The summed E-state index contributed by atoms with van der Waals surface area (Å²) < 4.78 is 5.46. The lowest BCUT2D eigenvalue weighted by Gasteiger charge is -2.31. The van der Waals surface area contributed by atoms with E-state index in [-0.39, 0.29) is 25.0 Å². The van der Waals surface area contributed by atoms with Gasteiger partial charge >= 0.3 is 5.97 Å². The van der Waals surface area contributed by atoms with Gasteiger partial charge in [0.05, 0.1) is 25.3 Å². The zero-order chi connectivity index (χ0) is 13.7. The van der Waals surface area contributed by atoms with Crippen molar-refractivity contribution in [1.82, 2.24) is 20.3 Å². The van der Waals surface area contributed by atoms with E-state index in [0.29, 0.717) is 31.6 Å². The molecule has 1 aliphatic heterocycles. The number of nitrogens with one attached hydrogen (secondary N) is 1. The highest BCUT2D eigenvalue weighted by Crippen LogP contribution is 2.15. The van der Waals surface area contributed by atoms with Crippen LogP contribution in [0.25, 0.3) is 0 Å². The first kappa shape index (κ1) is 13.5. The van der Waals surface area contributed by atoms with Gasteiger partial charge in [0.25, 0.3) is 5.91 Å². The fourth-order valence-electron chi connectivity index (χ4n) is 2.01. The molecule has 2 N–H and O–H groups in total. The molecule has 2 rings (SSSR count). The minimum absolute atomic E-state index is 0.0120. The van der Waals surface area contributed by atoms with Gasteiger partial charge in [0.2, 0.25) is 0 Å². The number of likely N-dealkylation sites (tertiary alicyclic amines) is 1. The van der Waals surface area contributed by atoms with Crippen molar-refractivity contribution in [1.29, 1.82) is 0 Å². The number of aromatic nitrogens is 3. The number of rotatable bonds is 5.